The third-order valence-electron chi connectivity index (χ3n) is 2.66. The van der Waals surface area contributed by atoms with Gasteiger partial charge in [0.2, 0.25) is 0 Å². The predicted octanol–water partition coefficient (Wildman–Crippen LogP) is 3.79. The first-order chi connectivity index (χ1) is 9.29. The van der Waals surface area contributed by atoms with Gasteiger partial charge in [0.1, 0.15) is 0 Å². The molecule has 4 nitrogen and oxygen atoms in total. The summed E-state index contributed by atoms with van der Waals surface area (Å²) in [7, 11) is -3.71. The average molecular weight is 376 g/mol. The van der Waals surface area contributed by atoms with E-state index >= 15 is 0 Å². The molecule has 7 heteroatoms. The van der Waals surface area contributed by atoms with Crippen LogP contribution < -0.4 is 10.5 Å². The van der Waals surface area contributed by atoms with Crippen LogP contribution in [0.5, 0.6) is 0 Å². The molecule has 0 radical (unpaired) electrons. The molecule has 2 aromatic rings. The van der Waals surface area contributed by atoms with Gasteiger partial charge < -0.3 is 5.73 Å². The summed E-state index contributed by atoms with van der Waals surface area (Å²) in [6.07, 6.45) is 0. The van der Waals surface area contributed by atoms with E-state index in [1.807, 2.05) is 0 Å². The van der Waals surface area contributed by atoms with E-state index in [2.05, 4.69) is 20.7 Å². The second-order valence-corrected chi connectivity index (χ2v) is 7.20. The zero-order valence-corrected chi connectivity index (χ0v) is 13.7. The molecule has 2 aromatic carbocycles. The standard InChI is InChI=1S/C13H12BrClN2O2S/c1-8-5-11(14)12(16)7-13(8)20(18,19)17-10-4-2-3-9(15)6-10/h2-7,17H,16H2,1H3. The van der Waals surface area contributed by atoms with Gasteiger partial charge in [0.25, 0.3) is 10.0 Å². The largest absolute Gasteiger partial charge is 0.398 e. The van der Waals surface area contributed by atoms with Crippen molar-refractivity contribution in [2.24, 2.45) is 0 Å². The number of hydrogen-bond acceptors (Lipinski definition) is 3. The van der Waals surface area contributed by atoms with Crippen LogP contribution in [-0.2, 0) is 10.0 Å². The van der Waals surface area contributed by atoms with Gasteiger partial charge in [0, 0.05) is 15.2 Å². The van der Waals surface area contributed by atoms with Gasteiger partial charge >= 0.3 is 0 Å². The molecule has 0 aromatic heterocycles. The van der Waals surface area contributed by atoms with Gasteiger partial charge in [-0.3, -0.25) is 4.72 Å². The second kappa shape index (κ2) is 5.63. The van der Waals surface area contributed by atoms with Crippen LogP contribution in [0.15, 0.2) is 45.8 Å². The van der Waals surface area contributed by atoms with Crippen molar-refractivity contribution in [1.29, 1.82) is 0 Å². The zero-order valence-electron chi connectivity index (χ0n) is 10.5. The highest BCUT2D eigenvalue weighted by atomic mass is 79.9. The Kier molecular flexibility index (Phi) is 4.27. The fraction of sp³-hybridized carbons (Fsp3) is 0.0769. The lowest BCUT2D eigenvalue weighted by Gasteiger charge is -2.12. The molecule has 0 heterocycles. The van der Waals surface area contributed by atoms with Crippen LogP contribution in [0.4, 0.5) is 11.4 Å². The molecule has 106 valence electrons. The first kappa shape index (κ1) is 15.2. The Morgan fingerprint density at radius 1 is 1.25 bits per heavy atom. The van der Waals surface area contributed by atoms with Crippen molar-refractivity contribution in [2.45, 2.75) is 11.8 Å². The Hall–Kier alpha value is -1.24. The fourth-order valence-electron chi connectivity index (χ4n) is 1.72. The number of sulfonamides is 1. The number of benzene rings is 2. The van der Waals surface area contributed by atoms with Crippen LogP contribution in [0, 0.1) is 6.92 Å². The van der Waals surface area contributed by atoms with Crippen molar-refractivity contribution >= 4 is 48.9 Å². The highest BCUT2D eigenvalue weighted by Crippen LogP contribution is 2.28. The van der Waals surface area contributed by atoms with Crippen LogP contribution in [0.1, 0.15) is 5.56 Å². The smallest absolute Gasteiger partial charge is 0.262 e. The molecule has 0 unspecified atom stereocenters. The minimum atomic E-state index is -3.71. The van der Waals surface area contributed by atoms with Gasteiger partial charge in [0.05, 0.1) is 10.6 Å². The van der Waals surface area contributed by atoms with Crippen LogP contribution in [0.3, 0.4) is 0 Å². The molecule has 0 fully saturated rings. The zero-order chi connectivity index (χ0) is 14.9. The summed E-state index contributed by atoms with van der Waals surface area (Å²) in [6, 6.07) is 9.59. The van der Waals surface area contributed by atoms with Crippen LogP contribution in [0.2, 0.25) is 5.02 Å². The van der Waals surface area contributed by atoms with E-state index in [9.17, 15) is 8.42 Å². The molecule has 0 spiro atoms. The fourth-order valence-corrected chi connectivity index (χ4v) is 3.68. The van der Waals surface area contributed by atoms with Crippen molar-refractivity contribution in [3.05, 3.63) is 51.5 Å². The van der Waals surface area contributed by atoms with Gasteiger partial charge in [-0.15, -0.1) is 0 Å². The van der Waals surface area contributed by atoms with E-state index in [0.717, 1.165) is 0 Å². The minimum Gasteiger partial charge on any atom is -0.398 e. The molecule has 2 rings (SSSR count). The van der Waals surface area contributed by atoms with Crippen molar-refractivity contribution < 1.29 is 8.42 Å². The maximum Gasteiger partial charge on any atom is 0.262 e. The van der Waals surface area contributed by atoms with Crippen molar-refractivity contribution in [3.63, 3.8) is 0 Å². The minimum absolute atomic E-state index is 0.137. The lowest BCUT2D eigenvalue weighted by atomic mass is 10.2. The quantitative estimate of drug-likeness (QED) is 0.802. The van der Waals surface area contributed by atoms with Crippen LogP contribution in [0.25, 0.3) is 0 Å². The molecule has 0 aliphatic rings. The van der Waals surface area contributed by atoms with E-state index in [4.69, 9.17) is 17.3 Å². The maximum atomic E-state index is 12.4. The second-order valence-electron chi connectivity index (χ2n) is 4.26. The van der Waals surface area contributed by atoms with E-state index in [0.29, 0.717) is 26.4 Å². The van der Waals surface area contributed by atoms with Gasteiger partial charge in [-0.1, -0.05) is 17.7 Å². The van der Waals surface area contributed by atoms with Crippen molar-refractivity contribution in [3.8, 4) is 0 Å². The third kappa shape index (κ3) is 3.26. The summed E-state index contributed by atoms with van der Waals surface area (Å²) >= 11 is 9.10. The average Bonchev–Trinajstić information content (AvgIpc) is 2.33. The monoisotopic (exact) mass is 374 g/mol. The first-order valence-electron chi connectivity index (χ1n) is 5.63. The number of nitrogens with one attached hydrogen (secondary N) is 1. The number of nitrogens with two attached hydrogens (primary N) is 1. The van der Waals surface area contributed by atoms with Crippen LogP contribution in [-0.4, -0.2) is 8.42 Å². The Labute approximate surface area is 131 Å². The number of nitrogen functional groups attached to an aromatic ring is 1. The lowest BCUT2D eigenvalue weighted by Crippen LogP contribution is -2.14. The molecule has 20 heavy (non-hydrogen) atoms. The number of hydrogen-bond donors (Lipinski definition) is 2. The van der Waals surface area contributed by atoms with Gasteiger partial charge in [-0.05, 0) is 58.7 Å². The number of anilines is 2. The van der Waals surface area contributed by atoms with Crippen LogP contribution >= 0.6 is 27.5 Å². The molecule has 0 aliphatic heterocycles. The summed E-state index contributed by atoms with van der Waals surface area (Å²) < 4.78 is 27.9. The third-order valence-corrected chi connectivity index (χ3v) is 5.11. The first-order valence-corrected chi connectivity index (χ1v) is 8.29. The van der Waals surface area contributed by atoms with Crippen molar-refractivity contribution in [1.82, 2.24) is 0 Å². The Morgan fingerprint density at radius 3 is 2.60 bits per heavy atom. The van der Waals surface area contributed by atoms with Gasteiger partial charge in [-0.2, -0.15) is 0 Å². The summed E-state index contributed by atoms with van der Waals surface area (Å²) in [6.45, 7) is 1.71. The molecule has 0 aliphatic carbocycles. The Balaban J connectivity index is 2.43. The van der Waals surface area contributed by atoms with Gasteiger partial charge in [-0.25, -0.2) is 8.42 Å². The molecule has 0 bridgehead atoms. The molecular formula is C13H12BrClN2O2S. The summed E-state index contributed by atoms with van der Waals surface area (Å²) in [5, 5.41) is 0.456. The molecule has 0 atom stereocenters. The van der Waals surface area contributed by atoms with E-state index in [-0.39, 0.29) is 4.90 Å². The van der Waals surface area contributed by atoms with E-state index in [1.54, 1.807) is 31.2 Å². The Morgan fingerprint density at radius 2 is 1.95 bits per heavy atom. The SMILES string of the molecule is Cc1cc(Br)c(N)cc1S(=O)(=O)Nc1cccc(Cl)c1. The number of aryl methyl sites for hydroxylation is 1. The summed E-state index contributed by atoms with van der Waals surface area (Å²) in [5.74, 6) is 0. The summed E-state index contributed by atoms with van der Waals surface area (Å²) in [5.41, 5.74) is 7.11. The van der Waals surface area contributed by atoms with E-state index < -0.39 is 10.0 Å². The maximum absolute atomic E-state index is 12.4. The van der Waals surface area contributed by atoms with Crippen molar-refractivity contribution in [2.75, 3.05) is 10.5 Å². The highest BCUT2D eigenvalue weighted by molar-refractivity contribution is 9.10. The molecule has 3 N–H and O–H groups in total. The van der Waals surface area contributed by atoms with E-state index in [1.165, 1.54) is 12.1 Å². The topological polar surface area (TPSA) is 72.2 Å². The summed E-state index contributed by atoms with van der Waals surface area (Å²) in [4.78, 5) is 0.137. The predicted molar refractivity (Wildman–Crippen MR) is 85.6 cm³/mol. The lowest BCUT2D eigenvalue weighted by molar-refractivity contribution is 0.600. The molecule has 0 amide bonds. The molecule has 0 saturated heterocycles. The normalized spacial score (nSPS) is 11.3. The number of halogens is 2. The van der Waals surface area contributed by atoms with Gasteiger partial charge in [0.15, 0.2) is 0 Å². The molecular weight excluding hydrogens is 364 g/mol. The highest BCUT2D eigenvalue weighted by Gasteiger charge is 2.18. The number of rotatable bonds is 3. The Bertz CT molecular complexity index is 763. The molecule has 0 saturated carbocycles.